The van der Waals surface area contributed by atoms with E-state index in [-0.39, 0.29) is 0 Å². The molecule has 0 aliphatic heterocycles. The minimum absolute atomic E-state index is 0.555. The number of anilines is 1. The van der Waals surface area contributed by atoms with Crippen LogP contribution in [0.5, 0.6) is 0 Å². The molecule has 2 aromatic heterocycles. The summed E-state index contributed by atoms with van der Waals surface area (Å²) in [5.41, 5.74) is 2.82. The molecule has 2 heterocycles. The molecule has 1 aromatic carbocycles. The van der Waals surface area contributed by atoms with Crippen molar-refractivity contribution in [3.63, 3.8) is 0 Å². The molecule has 0 radical (unpaired) electrons. The molecule has 1 N–H and O–H groups in total. The second kappa shape index (κ2) is 5.31. The third kappa shape index (κ3) is 2.71. The normalized spacial score (nSPS) is 10.9. The summed E-state index contributed by atoms with van der Waals surface area (Å²) >= 11 is 11.9. The SMILES string of the molecule is Cc1cn2nc(NCc3ccc(Cl)c(Cl)c3)ccc2n1. The van der Waals surface area contributed by atoms with Gasteiger partial charge in [0, 0.05) is 6.54 Å². The first-order valence-electron chi connectivity index (χ1n) is 6.13. The van der Waals surface area contributed by atoms with Gasteiger partial charge in [-0.15, -0.1) is 5.10 Å². The van der Waals surface area contributed by atoms with E-state index in [4.69, 9.17) is 23.2 Å². The molecule has 0 spiro atoms. The molecule has 0 atom stereocenters. The van der Waals surface area contributed by atoms with Gasteiger partial charge in [0.1, 0.15) is 5.82 Å². The summed E-state index contributed by atoms with van der Waals surface area (Å²) in [7, 11) is 0. The van der Waals surface area contributed by atoms with Gasteiger partial charge < -0.3 is 5.32 Å². The lowest BCUT2D eigenvalue weighted by Crippen LogP contribution is -2.03. The summed E-state index contributed by atoms with van der Waals surface area (Å²) in [6.45, 7) is 2.57. The van der Waals surface area contributed by atoms with Gasteiger partial charge in [0.15, 0.2) is 5.65 Å². The maximum absolute atomic E-state index is 5.99. The van der Waals surface area contributed by atoms with E-state index < -0.39 is 0 Å². The van der Waals surface area contributed by atoms with Gasteiger partial charge >= 0.3 is 0 Å². The Morgan fingerprint density at radius 2 is 2.00 bits per heavy atom. The summed E-state index contributed by atoms with van der Waals surface area (Å²) in [6, 6.07) is 9.39. The molecule has 0 amide bonds. The fourth-order valence-electron chi connectivity index (χ4n) is 1.94. The molecule has 0 saturated heterocycles. The number of aromatic nitrogens is 3. The number of halogens is 2. The van der Waals surface area contributed by atoms with Crippen molar-refractivity contribution in [2.75, 3.05) is 5.32 Å². The molecule has 0 aliphatic carbocycles. The highest BCUT2D eigenvalue weighted by Gasteiger charge is 2.02. The molecular formula is C14H12Cl2N4. The fourth-order valence-corrected chi connectivity index (χ4v) is 2.26. The first-order valence-corrected chi connectivity index (χ1v) is 6.88. The van der Waals surface area contributed by atoms with Crippen molar-refractivity contribution in [1.29, 1.82) is 0 Å². The number of hydrogen-bond donors (Lipinski definition) is 1. The summed E-state index contributed by atoms with van der Waals surface area (Å²) in [4.78, 5) is 4.33. The predicted octanol–water partition coefficient (Wildman–Crippen LogP) is 3.96. The molecule has 6 heteroatoms. The molecule has 0 bridgehead atoms. The topological polar surface area (TPSA) is 42.2 Å². The van der Waals surface area contributed by atoms with Crippen molar-refractivity contribution in [3.8, 4) is 0 Å². The van der Waals surface area contributed by atoms with Crippen LogP contribution in [0.3, 0.4) is 0 Å². The number of hydrogen-bond acceptors (Lipinski definition) is 3. The third-order valence-electron chi connectivity index (χ3n) is 2.90. The Balaban J connectivity index is 1.77. The second-order valence-electron chi connectivity index (χ2n) is 4.51. The molecule has 102 valence electrons. The van der Waals surface area contributed by atoms with Gasteiger partial charge in [0.05, 0.1) is 21.9 Å². The Hall–Kier alpha value is -1.78. The standard InChI is InChI=1S/C14H12Cl2N4/c1-9-8-20-14(18-9)5-4-13(19-20)17-7-10-2-3-11(15)12(16)6-10/h2-6,8H,7H2,1H3,(H,17,19). The van der Waals surface area contributed by atoms with E-state index >= 15 is 0 Å². The van der Waals surface area contributed by atoms with Crippen LogP contribution in [-0.2, 0) is 6.54 Å². The van der Waals surface area contributed by atoms with Gasteiger partial charge in [-0.05, 0) is 36.8 Å². The van der Waals surface area contributed by atoms with E-state index in [1.165, 1.54) is 0 Å². The van der Waals surface area contributed by atoms with Crippen LogP contribution in [0.4, 0.5) is 5.82 Å². The fraction of sp³-hybridized carbons (Fsp3) is 0.143. The van der Waals surface area contributed by atoms with Gasteiger partial charge in [-0.25, -0.2) is 9.50 Å². The Bertz CT molecular complexity index is 767. The van der Waals surface area contributed by atoms with Crippen LogP contribution in [0, 0.1) is 6.92 Å². The monoisotopic (exact) mass is 306 g/mol. The van der Waals surface area contributed by atoms with Crippen molar-refractivity contribution in [2.24, 2.45) is 0 Å². The molecule has 3 rings (SSSR count). The van der Waals surface area contributed by atoms with E-state index in [1.807, 2.05) is 37.4 Å². The maximum Gasteiger partial charge on any atom is 0.153 e. The molecule has 3 aromatic rings. The second-order valence-corrected chi connectivity index (χ2v) is 5.32. The van der Waals surface area contributed by atoms with Gasteiger partial charge in [0.2, 0.25) is 0 Å². The van der Waals surface area contributed by atoms with Crippen LogP contribution in [0.1, 0.15) is 11.3 Å². The predicted molar refractivity (Wildman–Crippen MR) is 81.5 cm³/mol. The van der Waals surface area contributed by atoms with Crippen LogP contribution in [0.15, 0.2) is 36.5 Å². The Labute approximate surface area is 126 Å². The smallest absolute Gasteiger partial charge is 0.153 e. The highest BCUT2D eigenvalue weighted by Crippen LogP contribution is 2.22. The lowest BCUT2D eigenvalue weighted by atomic mass is 10.2. The molecule has 4 nitrogen and oxygen atoms in total. The van der Waals surface area contributed by atoms with E-state index in [1.54, 1.807) is 10.6 Å². The molecule has 0 aliphatic rings. The van der Waals surface area contributed by atoms with Crippen LogP contribution in [0.2, 0.25) is 10.0 Å². The van der Waals surface area contributed by atoms with Crippen molar-refractivity contribution in [1.82, 2.24) is 14.6 Å². The third-order valence-corrected chi connectivity index (χ3v) is 3.64. The zero-order chi connectivity index (χ0) is 14.1. The highest BCUT2D eigenvalue weighted by molar-refractivity contribution is 6.42. The number of aryl methyl sites for hydroxylation is 1. The largest absolute Gasteiger partial charge is 0.365 e. The number of nitrogens with one attached hydrogen (secondary N) is 1. The van der Waals surface area contributed by atoms with Crippen LogP contribution in [0.25, 0.3) is 5.65 Å². The zero-order valence-electron chi connectivity index (χ0n) is 10.8. The van der Waals surface area contributed by atoms with E-state index in [0.717, 1.165) is 22.7 Å². The maximum atomic E-state index is 5.99. The Morgan fingerprint density at radius 1 is 1.15 bits per heavy atom. The summed E-state index contributed by atoms with van der Waals surface area (Å²) < 4.78 is 1.76. The first kappa shape index (κ1) is 13.2. The van der Waals surface area contributed by atoms with Crippen LogP contribution < -0.4 is 5.32 Å². The Morgan fingerprint density at radius 3 is 2.80 bits per heavy atom. The van der Waals surface area contributed by atoms with E-state index in [2.05, 4.69) is 15.4 Å². The zero-order valence-corrected chi connectivity index (χ0v) is 12.3. The number of fused-ring (bicyclic) bond motifs is 1. The molecule has 0 unspecified atom stereocenters. The van der Waals surface area contributed by atoms with Crippen LogP contribution >= 0.6 is 23.2 Å². The van der Waals surface area contributed by atoms with Gasteiger partial charge in [-0.3, -0.25) is 0 Å². The van der Waals surface area contributed by atoms with E-state index in [9.17, 15) is 0 Å². The molecular weight excluding hydrogens is 295 g/mol. The average molecular weight is 307 g/mol. The van der Waals surface area contributed by atoms with Crippen molar-refractivity contribution < 1.29 is 0 Å². The minimum atomic E-state index is 0.555. The summed E-state index contributed by atoms with van der Waals surface area (Å²) in [5.74, 6) is 0.779. The lowest BCUT2D eigenvalue weighted by Gasteiger charge is -2.06. The molecule has 20 heavy (non-hydrogen) atoms. The molecule has 0 fully saturated rings. The van der Waals surface area contributed by atoms with Crippen molar-refractivity contribution in [3.05, 3.63) is 57.8 Å². The summed E-state index contributed by atoms with van der Waals surface area (Å²) in [5, 5.41) is 8.80. The van der Waals surface area contributed by atoms with Gasteiger partial charge in [-0.2, -0.15) is 0 Å². The quantitative estimate of drug-likeness (QED) is 0.796. The Kier molecular flexibility index (Phi) is 3.51. The lowest BCUT2D eigenvalue weighted by molar-refractivity contribution is 0.924. The van der Waals surface area contributed by atoms with Gasteiger partial charge in [0.25, 0.3) is 0 Å². The number of imidazole rings is 1. The average Bonchev–Trinajstić information content (AvgIpc) is 2.79. The minimum Gasteiger partial charge on any atom is -0.365 e. The van der Waals surface area contributed by atoms with Crippen molar-refractivity contribution >= 4 is 34.7 Å². The summed E-state index contributed by atoms with van der Waals surface area (Å²) in [6.07, 6.45) is 1.89. The van der Waals surface area contributed by atoms with Gasteiger partial charge in [-0.1, -0.05) is 29.3 Å². The number of rotatable bonds is 3. The first-order chi connectivity index (χ1) is 9.61. The number of nitrogens with zero attached hydrogens (tertiary/aromatic N) is 3. The van der Waals surface area contributed by atoms with Crippen LogP contribution in [-0.4, -0.2) is 14.6 Å². The van der Waals surface area contributed by atoms with Crippen molar-refractivity contribution in [2.45, 2.75) is 13.5 Å². The highest BCUT2D eigenvalue weighted by atomic mass is 35.5. The van der Waals surface area contributed by atoms with E-state index in [0.29, 0.717) is 16.6 Å². The molecule has 0 saturated carbocycles. The number of benzene rings is 1.